The van der Waals surface area contributed by atoms with E-state index in [1.165, 1.54) is 16.7 Å². The van der Waals surface area contributed by atoms with Gasteiger partial charge in [0.15, 0.2) is 0 Å². The Morgan fingerprint density at radius 1 is 1.00 bits per heavy atom. The summed E-state index contributed by atoms with van der Waals surface area (Å²) in [6.45, 7) is 5.06. The van der Waals surface area contributed by atoms with Crippen LogP contribution in [0.4, 0.5) is 0 Å². The van der Waals surface area contributed by atoms with Crippen molar-refractivity contribution in [2.24, 2.45) is 0 Å². The second-order valence-corrected chi connectivity index (χ2v) is 8.24. The first-order valence-electron chi connectivity index (χ1n) is 9.72. The lowest BCUT2D eigenvalue weighted by molar-refractivity contribution is 0.190. The fourth-order valence-corrected chi connectivity index (χ4v) is 4.82. The number of fused-ring (bicyclic) bond motifs is 2. The smallest absolute Gasteiger partial charge is 0.238 e. The molecule has 0 N–H and O–H groups in total. The minimum Gasteiger partial charge on any atom is -0.438 e. The zero-order valence-corrected chi connectivity index (χ0v) is 16.6. The van der Waals surface area contributed by atoms with Crippen molar-refractivity contribution in [1.82, 2.24) is 15.1 Å². The van der Waals surface area contributed by atoms with E-state index in [0.717, 1.165) is 48.9 Å². The Hall–Kier alpha value is -2.43. The number of ether oxygens (including phenoxy) is 1. The monoisotopic (exact) mass is 391 g/mol. The van der Waals surface area contributed by atoms with E-state index in [2.05, 4.69) is 51.5 Å². The van der Waals surface area contributed by atoms with Gasteiger partial charge in [0.05, 0.1) is 5.69 Å². The van der Waals surface area contributed by atoms with E-state index >= 15 is 0 Å². The van der Waals surface area contributed by atoms with E-state index in [9.17, 15) is 0 Å². The second kappa shape index (κ2) is 6.87. The van der Waals surface area contributed by atoms with Gasteiger partial charge in [-0.3, -0.25) is 4.90 Å². The van der Waals surface area contributed by atoms with Crippen molar-refractivity contribution in [1.29, 1.82) is 0 Å². The maximum atomic E-state index is 6.35. The highest BCUT2D eigenvalue weighted by Crippen LogP contribution is 2.47. The molecule has 0 radical (unpaired) electrons. The maximum Gasteiger partial charge on any atom is 0.238 e. The normalized spacial score (nSPS) is 23.1. The summed E-state index contributed by atoms with van der Waals surface area (Å²) in [6, 6.07) is 18.6. The van der Waals surface area contributed by atoms with Crippen LogP contribution in [0.3, 0.4) is 0 Å². The minimum absolute atomic E-state index is 0.0232. The Kier molecular flexibility index (Phi) is 4.33. The SMILES string of the molecule is Cc1ccc(Oc2ccc3c(c2)CN2CCC3(c3cccc(Cl)c3)CC2)nn1. The highest BCUT2D eigenvalue weighted by atomic mass is 35.5. The van der Waals surface area contributed by atoms with E-state index in [1.807, 2.05) is 25.1 Å². The summed E-state index contributed by atoms with van der Waals surface area (Å²) in [6.07, 6.45) is 2.23. The third-order valence-electron chi connectivity index (χ3n) is 6.07. The largest absolute Gasteiger partial charge is 0.438 e. The average molecular weight is 392 g/mol. The van der Waals surface area contributed by atoms with E-state index in [0.29, 0.717) is 5.88 Å². The second-order valence-electron chi connectivity index (χ2n) is 7.80. The Morgan fingerprint density at radius 2 is 1.86 bits per heavy atom. The number of halogens is 1. The molecule has 2 aromatic carbocycles. The van der Waals surface area contributed by atoms with Crippen LogP contribution in [-0.4, -0.2) is 28.2 Å². The summed E-state index contributed by atoms with van der Waals surface area (Å²) in [5, 5.41) is 9.00. The predicted molar refractivity (Wildman–Crippen MR) is 110 cm³/mol. The van der Waals surface area contributed by atoms with Gasteiger partial charge in [0.2, 0.25) is 5.88 Å². The van der Waals surface area contributed by atoms with Crippen LogP contribution in [0, 0.1) is 6.92 Å². The zero-order valence-electron chi connectivity index (χ0n) is 15.9. The molecular formula is C23H22ClN3O. The van der Waals surface area contributed by atoms with Gasteiger partial charge in [0, 0.05) is 23.0 Å². The molecule has 142 valence electrons. The van der Waals surface area contributed by atoms with Crippen LogP contribution in [0.2, 0.25) is 5.02 Å². The zero-order chi connectivity index (χ0) is 19.1. The third-order valence-corrected chi connectivity index (χ3v) is 6.30. The molecule has 6 rings (SSSR count). The van der Waals surface area contributed by atoms with E-state index in [4.69, 9.17) is 16.3 Å². The topological polar surface area (TPSA) is 38.2 Å². The summed E-state index contributed by atoms with van der Waals surface area (Å²) in [5.74, 6) is 1.33. The summed E-state index contributed by atoms with van der Waals surface area (Å²) in [7, 11) is 0. The average Bonchev–Trinajstić information content (AvgIpc) is 2.96. The van der Waals surface area contributed by atoms with Crippen LogP contribution in [0.1, 0.15) is 35.2 Å². The van der Waals surface area contributed by atoms with Gasteiger partial charge in [0.1, 0.15) is 5.75 Å². The van der Waals surface area contributed by atoms with Crippen LogP contribution < -0.4 is 4.74 Å². The highest BCUT2D eigenvalue weighted by molar-refractivity contribution is 6.30. The molecule has 5 heteroatoms. The standard InChI is InChI=1S/C23H22ClN3O/c1-16-5-8-22(26-25-16)28-20-6-7-21-17(13-20)15-27-11-9-23(21,10-12-27)18-3-2-4-19(24)14-18/h2-8,13-14H,9-12,15H2,1H3. The Balaban J connectivity index is 1.56. The van der Waals surface area contributed by atoms with Gasteiger partial charge < -0.3 is 4.74 Å². The van der Waals surface area contributed by atoms with Gasteiger partial charge in [-0.25, -0.2) is 0 Å². The van der Waals surface area contributed by atoms with Crippen LogP contribution >= 0.6 is 11.6 Å². The molecule has 1 saturated heterocycles. The first-order chi connectivity index (χ1) is 13.6. The van der Waals surface area contributed by atoms with Crippen LogP contribution in [0.5, 0.6) is 11.6 Å². The molecule has 0 saturated carbocycles. The molecule has 3 aliphatic heterocycles. The number of aromatic nitrogens is 2. The van der Waals surface area contributed by atoms with Crippen LogP contribution in [0.15, 0.2) is 54.6 Å². The Morgan fingerprint density at radius 3 is 2.61 bits per heavy atom. The number of nitrogens with zero attached hydrogens (tertiary/aromatic N) is 3. The number of rotatable bonds is 3. The number of aryl methyl sites for hydroxylation is 1. The number of benzene rings is 2. The number of hydrogen-bond acceptors (Lipinski definition) is 4. The fourth-order valence-electron chi connectivity index (χ4n) is 4.63. The van der Waals surface area contributed by atoms with Gasteiger partial charge >= 0.3 is 0 Å². The molecule has 28 heavy (non-hydrogen) atoms. The molecule has 3 aromatic rings. The molecule has 0 spiro atoms. The summed E-state index contributed by atoms with van der Waals surface area (Å²) < 4.78 is 5.98. The van der Waals surface area contributed by atoms with Crippen molar-refractivity contribution in [3.05, 3.63) is 82.0 Å². The molecule has 2 bridgehead atoms. The molecule has 0 amide bonds. The number of piperidine rings is 1. The van der Waals surface area contributed by atoms with Crippen molar-refractivity contribution >= 4 is 11.6 Å². The van der Waals surface area contributed by atoms with Crippen molar-refractivity contribution in [2.75, 3.05) is 13.1 Å². The number of hydrogen-bond donors (Lipinski definition) is 0. The van der Waals surface area contributed by atoms with Crippen molar-refractivity contribution in [2.45, 2.75) is 31.7 Å². The lowest BCUT2D eigenvalue weighted by atomic mass is 9.68. The molecule has 4 heterocycles. The summed E-state index contributed by atoms with van der Waals surface area (Å²) in [5.41, 5.74) is 4.95. The van der Waals surface area contributed by atoms with Gasteiger partial charge in [0.25, 0.3) is 0 Å². The van der Waals surface area contributed by atoms with E-state index in [-0.39, 0.29) is 5.41 Å². The molecule has 0 aliphatic carbocycles. The first-order valence-corrected chi connectivity index (χ1v) is 10.1. The Bertz CT molecular complexity index is 1010. The van der Waals surface area contributed by atoms with E-state index in [1.54, 1.807) is 0 Å². The molecule has 0 unspecified atom stereocenters. The molecule has 1 aromatic heterocycles. The van der Waals surface area contributed by atoms with Crippen molar-refractivity contribution in [3.63, 3.8) is 0 Å². The molecule has 3 aliphatic rings. The maximum absolute atomic E-state index is 6.35. The summed E-state index contributed by atoms with van der Waals surface area (Å²) in [4.78, 5) is 2.53. The highest BCUT2D eigenvalue weighted by Gasteiger charge is 2.42. The Labute approximate surface area is 170 Å². The molecular weight excluding hydrogens is 370 g/mol. The van der Waals surface area contributed by atoms with E-state index < -0.39 is 0 Å². The van der Waals surface area contributed by atoms with Gasteiger partial charge in [-0.05, 0) is 79.9 Å². The van der Waals surface area contributed by atoms with Crippen molar-refractivity contribution < 1.29 is 4.74 Å². The molecule has 4 nitrogen and oxygen atoms in total. The van der Waals surface area contributed by atoms with Gasteiger partial charge in [-0.2, -0.15) is 5.10 Å². The van der Waals surface area contributed by atoms with Gasteiger partial charge in [-0.15, -0.1) is 5.10 Å². The first kappa shape index (κ1) is 17.7. The summed E-state index contributed by atoms with van der Waals surface area (Å²) >= 11 is 6.35. The third kappa shape index (κ3) is 3.07. The lowest BCUT2D eigenvalue weighted by Gasteiger charge is -2.39. The van der Waals surface area contributed by atoms with Crippen molar-refractivity contribution in [3.8, 4) is 11.6 Å². The quantitative estimate of drug-likeness (QED) is 0.620. The molecule has 1 fully saturated rings. The lowest BCUT2D eigenvalue weighted by Crippen LogP contribution is -2.39. The van der Waals surface area contributed by atoms with Crippen LogP contribution in [0.25, 0.3) is 0 Å². The minimum atomic E-state index is 0.0232. The molecule has 0 atom stereocenters. The van der Waals surface area contributed by atoms with Crippen LogP contribution in [-0.2, 0) is 12.0 Å². The predicted octanol–water partition coefficient (Wildman–Crippen LogP) is 5.13. The van der Waals surface area contributed by atoms with Gasteiger partial charge in [-0.1, -0.05) is 29.8 Å². The fraction of sp³-hybridized carbons (Fsp3) is 0.304.